The minimum atomic E-state index is -3.88. The molecule has 1 aromatic carbocycles. The van der Waals surface area contributed by atoms with Crippen LogP contribution in [0.25, 0.3) is 0 Å². The summed E-state index contributed by atoms with van der Waals surface area (Å²) < 4.78 is 54.5. The van der Waals surface area contributed by atoms with Crippen LogP contribution in [0.15, 0.2) is 18.2 Å². The Bertz CT molecular complexity index is 659. The Morgan fingerprint density at radius 1 is 1.41 bits per heavy atom. The smallest absolute Gasteiger partial charge is 0.207 e. The van der Waals surface area contributed by atoms with Gasteiger partial charge in [0.15, 0.2) is 0 Å². The average molecular weight is 331 g/mol. The van der Waals surface area contributed by atoms with Gasteiger partial charge >= 0.3 is 0 Å². The fraction of sp³-hybridized carbons (Fsp3) is 0.500. The van der Waals surface area contributed by atoms with E-state index in [0.717, 1.165) is 10.4 Å². The van der Waals surface area contributed by atoms with Crippen LogP contribution in [0, 0.1) is 28.9 Å². The molecule has 0 aliphatic carbocycles. The van der Waals surface area contributed by atoms with Crippen molar-refractivity contribution in [2.75, 3.05) is 13.6 Å². The van der Waals surface area contributed by atoms with E-state index in [4.69, 9.17) is 5.26 Å². The number of benzene rings is 1. The Morgan fingerprint density at radius 3 is 2.55 bits per heavy atom. The first-order chi connectivity index (χ1) is 10.2. The molecule has 5 nitrogen and oxygen atoms in total. The third-order valence-corrected chi connectivity index (χ3v) is 4.75. The normalized spacial score (nSPS) is 14.6. The first-order valence-electron chi connectivity index (χ1n) is 6.79. The van der Waals surface area contributed by atoms with E-state index >= 15 is 0 Å². The summed E-state index contributed by atoms with van der Waals surface area (Å²) >= 11 is 0. The quantitative estimate of drug-likeness (QED) is 0.833. The lowest BCUT2D eigenvalue weighted by Crippen LogP contribution is -2.41. The topological polar surface area (TPSA) is 73.2 Å². The van der Waals surface area contributed by atoms with Crippen molar-refractivity contribution in [3.63, 3.8) is 0 Å². The van der Waals surface area contributed by atoms with Crippen molar-refractivity contribution in [1.82, 2.24) is 9.03 Å². The molecule has 0 bridgehead atoms. The first-order valence-corrected chi connectivity index (χ1v) is 8.23. The molecule has 8 heteroatoms. The third kappa shape index (κ3) is 4.73. The summed E-state index contributed by atoms with van der Waals surface area (Å²) in [6, 6.07) is 4.15. The summed E-state index contributed by atoms with van der Waals surface area (Å²) in [5.41, 5.74) is 0.0780. The fourth-order valence-corrected chi connectivity index (χ4v) is 3.20. The van der Waals surface area contributed by atoms with Crippen LogP contribution in [0.3, 0.4) is 0 Å². The van der Waals surface area contributed by atoms with Crippen LogP contribution in [-0.2, 0) is 10.2 Å². The molecule has 0 amide bonds. The van der Waals surface area contributed by atoms with Crippen LogP contribution in [0.2, 0.25) is 0 Å². The molecule has 22 heavy (non-hydrogen) atoms. The third-order valence-electron chi connectivity index (χ3n) is 3.20. The molecule has 0 aromatic heterocycles. The van der Waals surface area contributed by atoms with Crippen molar-refractivity contribution < 1.29 is 17.2 Å². The summed E-state index contributed by atoms with van der Waals surface area (Å²) in [7, 11) is -2.54. The van der Waals surface area contributed by atoms with Gasteiger partial charge in [-0.2, -0.15) is 22.7 Å². The lowest BCUT2D eigenvalue weighted by molar-refractivity contribution is 0.419. The molecule has 122 valence electrons. The Balaban J connectivity index is 2.96. The van der Waals surface area contributed by atoms with Crippen LogP contribution in [-0.4, -0.2) is 26.3 Å². The van der Waals surface area contributed by atoms with Gasteiger partial charge in [-0.05, 0) is 19.4 Å². The van der Waals surface area contributed by atoms with E-state index < -0.39 is 33.8 Å². The second kappa shape index (κ2) is 7.63. The van der Waals surface area contributed by atoms with E-state index in [1.165, 1.54) is 13.1 Å². The Hall–Kier alpha value is -1.56. The van der Waals surface area contributed by atoms with Gasteiger partial charge in [-0.1, -0.05) is 13.0 Å². The van der Waals surface area contributed by atoms with Crippen molar-refractivity contribution in [2.45, 2.75) is 26.3 Å². The molecule has 0 heterocycles. The maximum absolute atomic E-state index is 13.8. The average Bonchev–Trinajstić information content (AvgIpc) is 2.45. The van der Waals surface area contributed by atoms with Gasteiger partial charge in [0.1, 0.15) is 11.6 Å². The maximum atomic E-state index is 13.8. The molecular weight excluding hydrogens is 312 g/mol. The lowest BCUT2D eigenvalue weighted by Gasteiger charge is -2.23. The molecule has 1 aromatic rings. The largest absolute Gasteiger partial charge is 0.279 e. The summed E-state index contributed by atoms with van der Waals surface area (Å²) in [4.78, 5) is 0. The highest BCUT2D eigenvalue weighted by Gasteiger charge is 2.25. The van der Waals surface area contributed by atoms with Crippen molar-refractivity contribution in [3.8, 4) is 6.07 Å². The molecule has 0 aliphatic heterocycles. The molecule has 0 unspecified atom stereocenters. The summed E-state index contributed by atoms with van der Waals surface area (Å²) in [6.45, 7) is 3.31. The number of nitrogens with one attached hydrogen (secondary N) is 1. The SMILES string of the molecule is CC[C@@H](NS(=O)(=O)N(C)C[C@H](C)C#N)c1ccc(F)cc1F. The van der Waals surface area contributed by atoms with Gasteiger partial charge in [0.05, 0.1) is 18.0 Å². The number of hydrogen-bond acceptors (Lipinski definition) is 3. The number of hydrogen-bond donors (Lipinski definition) is 1. The Kier molecular flexibility index (Phi) is 6.41. The number of rotatable bonds is 7. The van der Waals surface area contributed by atoms with Gasteiger partial charge in [-0.25, -0.2) is 8.78 Å². The molecule has 0 radical (unpaired) electrons. The Morgan fingerprint density at radius 2 is 2.05 bits per heavy atom. The van der Waals surface area contributed by atoms with Gasteiger partial charge < -0.3 is 0 Å². The van der Waals surface area contributed by atoms with Crippen LogP contribution < -0.4 is 4.72 Å². The fourth-order valence-electron chi connectivity index (χ4n) is 1.95. The summed E-state index contributed by atoms with van der Waals surface area (Å²) in [5, 5.41) is 8.74. The van der Waals surface area contributed by atoms with Gasteiger partial charge in [-0.3, -0.25) is 0 Å². The predicted octanol–water partition coefficient (Wildman–Crippen LogP) is 2.34. The molecule has 0 saturated carbocycles. The van der Waals surface area contributed by atoms with Crippen LogP contribution in [0.5, 0.6) is 0 Å². The monoisotopic (exact) mass is 331 g/mol. The van der Waals surface area contributed by atoms with Gasteiger partial charge in [0.2, 0.25) is 0 Å². The highest BCUT2D eigenvalue weighted by atomic mass is 32.2. The minimum Gasteiger partial charge on any atom is -0.207 e. The molecule has 2 atom stereocenters. The molecule has 0 fully saturated rings. The maximum Gasteiger partial charge on any atom is 0.279 e. The molecule has 0 spiro atoms. The van der Waals surface area contributed by atoms with E-state index in [2.05, 4.69) is 4.72 Å². The summed E-state index contributed by atoms with van der Waals surface area (Å²) in [6.07, 6.45) is 0.295. The zero-order chi connectivity index (χ0) is 16.9. The van der Waals surface area contributed by atoms with Gasteiger partial charge in [-0.15, -0.1) is 0 Å². The minimum absolute atomic E-state index is 0.0220. The molecule has 1 N–H and O–H groups in total. The Labute approximate surface area is 129 Å². The van der Waals surface area contributed by atoms with E-state index in [1.807, 2.05) is 6.07 Å². The van der Waals surface area contributed by atoms with E-state index in [1.54, 1.807) is 13.8 Å². The van der Waals surface area contributed by atoms with Crippen LogP contribution >= 0.6 is 0 Å². The standard InChI is InChI=1S/C14H19F2N3O2S/c1-4-14(12-6-5-11(15)7-13(12)16)18-22(20,21)19(3)9-10(2)8-17/h5-7,10,14,18H,4,9H2,1-3H3/t10-,14-/m1/s1. The van der Waals surface area contributed by atoms with Crippen molar-refractivity contribution >= 4 is 10.2 Å². The van der Waals surface area contributed by atoms with E-state index in [-0.39, 0.29) is 12.1 Å². The highest BCUT2D eigenvalue weighted by molar-refractivity contribution is 7.87. The number of halogens is 2. The zero-order valence-corrected chi connectivity index (χ0v) is 13.5. The second-order valence-electron chi connectivity index (χ2n) is 5.06. The van der Waals surface area contributed by atoms with E-state index in [9.17, 15) is 17.2 Å². The van der Waals surface area contributed by atoms with E-state index in [0.29, 0.717) is 12.5 Å². The molecule has 1 rings (SSSR count). The first kappa shape index (κ1) is 18.5. The van der Waals surface area contributed by atoms with Crippen molar-refractivity contribution in [1.29, 1.82) is 5.26 Å². The predicted molar refractivity (Wildman–Crippen MR) is 78.9 cm³/mol. The molecular formula is C14H19F2N3O2S. The summed E-state index contributed by atoms with van der Waals surface area (Å²) in [5.74, 6) is -1.99. The van der Waals surface area contributed by atoms with Crippen LogP contribution in [0.1, 0.15) is 31.9 Å². The lowest BCUT2D eigenvalue weighted by atomic mass is 10.1. The molecule has 0 saturated heterocycles. The van der Waals surface area contributed by atoms with Crippen molar-refractivity contribution in [3.05, 3.63) is 35.4 Å². The highest BCUT2D eigenvalue weighted by Crippen LogP contribution is 2.22. The number of nitrogens with zero attached hydrogens (tertiary/aromatic N) is 2. The zero-order valence-electron chi connectivity index (χ0n) is 12.7. The van der Waals surface area contributed by atoms with Gasteiger partial charge in [0.25, 0.3) is 10.2 Å². The van der Waals surface area contributed by atoms with Crippen LogP contribution in [0.4, 0.5) is 8.78 Å². The second-order valence-corrected chi connectivity index (χ2v) is 6.87. The molecule has 0 aliphatic rings. The van der Waals surface area contributed by atoms with Crippen molar-refractivity contribution in [2.24, 2.45) is 5.92 Å². The van der Waals surface area contributed by atoms with Gasteiger partial charge in [0, 0.05) is 25.2 Å². The number of nitriles is 1.